The number of aromatic nitrogens is 1. The maximum atomic E-state index is 9.98. The van der Waals surface area contributed by atoms with Crippen molar-refractivity contribution in [2.45, 2.75) is 25.9 Å². The number of rotatable bonds is 3. The van der Waals surface area contributed by atoms with E-state index >= 15 is 0 Å². The van der Waals surface area contributed by atoms with E-state index in [0.717, 1.165) is 35.9 Å². The van der Waals surface area contributed by atoms with Gasteiger partial charge < -0.3 is 20.1 Å². The van der Waals surface area contributed by atoms with Crippen molar-refractivity contribution in [3.8, 4) is 5.88 Å². The number of hydrogen-bond donors (Lipinski definition) is 3. The Balaban J connectivity index is 1.70. The van der Waals surface area contributed by atoms with Gasteiger partial charge in [0.05, 0.1) is 11.6 Å². The summed E-state index contributed by atoms with van der Waals surface area (Å²) < 4.78 is 5.50. The first-order valence-electron chi connectivity index (χ1n) is 7.26. The second-order valence-corrected chi connectivity index (χ2v) is 5.73. The second kappa shape index (κ2) is 6.41. The van der Waals surface area contributed by atoms with Gasteiger partial charge in [-0.15, -0.1) is 10.2 Å². The Kier molecular flexibility index (Phi) is 4.35. The fraction of sp³-hybridized carbons (Fsp3) is 0.400. The van der Waals surface area contributed by atoms with Gasteiger partial charge in [-0.3, -0.25) is 0 Å². The lowest BCUT2D eigenvalue weighted by atomic mass is 10.1. The standard InChI is InChI=1S/C15H18N4O2S/c1-9-4-2-6-11-12(9)17-14(20)13(11)18-19-15(22)16-8-10-5-3-7-21-10/h2,4,6,10,17,20H,3,5,7-8H2,1H3,(H,16,22)/t10-/m1/s1. The van der Waals surface area contributed by atoms with Crippen LogP contribution < -0.4 is 5.32 Å². The molecule has 7 heteroatoms. The highest BCUT2D eigenvalue weighted by atomic mass is 32.1. The molecule has 0 bridgehead atoms. The molecule has 3 rings (SSSR count). The summed E-state index contributed by atoms with van der Waals surface area (Å²) in [4.78, 5) is 2.91. The number of ether oxygens (including phenoxy) is 1. The monoisotopic (exact) mass is 318 g/mol. The van der Waals surface area contributed by atoms with Crippen LogP contribution in [0.3, 0.4) is 0 Å². The number of nitrogens with zero attached hydrogens (tertiary/aromatic N) is 2. The van der Waals surface area contributed by atoms with Crippen molar-refractivity contribution in [1.82, 2.24) is 10.3 Å². The van der Waals surface area contributed by atoms with E-state index in [1.807, 2.05) is 25.1 Å². The van der Waals surface area contributed by atoms with E-state index in [9.17, 15) is 5.11 Å². The van der Waals surface area contributed by atoms with Crippen LogP contribution in [0.4, 0.5) is 5.69 Å². The number of H-pyrrole nitrogens is 1. The smallest absolute Gasteiger partial charge is 0.218 e. The van der Waals surface area contributed by atoms with Crippen LogP contribution in [0.5, 0.6) is 5.88 Å². The number of para-hydroxylation sites is 1. The number of hydrogen-bond acceptors (Lipinski definition) is 4. The minimum atomic E-state index is -0.00465. The van der Waals surface area contributed by atoms with E-state index in [2.05, 4.69) is 20.5 Å². The van der Waals surface area contributed by atoms with Gasteiger partial charge in [-0.25, -0.2) is 0 Å². The molecule has 1 fully saturated rings. The van der Waals surface area contributed by atoms with Crippen molar-refractivity contribution >= 4 is 33.9 Å². The first-order chi connectivity index (χ1) is 10.6. The van der Waals surface area contributed by atoms with Gasteiger partial charge in [0.15, 0.2) is 5.69 Å². The Morgan fingerprint density at radius 3 is 3.18 bits per heavy atom. The van der Waals surface area contributed by atoms with Gasteiger partial charge in [0.1, 0.15) is 0 Å². The summed E-state index contributed by atoms with van der Waals surface area (Å²) in [6.45, 7) is 3.41. The lowest BCUT2D eigenvalue weighted by Gasteiger charge is -2.09. The van der Waals surface area contributed by atoms with E-state index < -0.39 is 0 Å². The maximum Gasteiger partial charge on any atom is 0.218 e. The van der Waals surface area contributed by atoms with Crippen molar-refractivity contribution in [1.29, 1.82) is 0 Å². The molecule has 1 aliphatic heterocycles. The molecule has 116 valence electrons. The molecule has 2 heterocycles. The number of aryl methyl sites for hydroxylation is 1. The average molecular weight is 318 g/mol. The SMILES string of the molecule is Cc1cccc2c(N=NC(=S)NC[C@H]3CCCO3)c(O)[nH]c12. The quantitative estimate of drug-likeness (QED) is 0.599. The summed E-state index contributed by atoms with van der Waals surface area (Å²) in [6, 6.07) is 5.76. The Morgan fingerprint density at radius 1 is 1.55 bits per heavy atom. The maximum absolute atomic E-state index is 9.98. The summed E-state index contributed by atoms with van der Waals surface area (Å²) in [5.74, 6) is -0.00465. The highest BCUT2D eigenvalue weighted by molar-refractivity contribution is 7.80. The fourth-order valence-electron chi connectivity index (χ4n) is 2.57. The van der Waals surface area contributed by atoms with Crippen LogP contribution in [0.15, 0.2) is 28.4 Å². The molecule has 1 aromatic heterocycles. The Morgan fingerprint density at radius 2 is 2.41 bits per heavy atom. The minimum Gasteiger partial charge on any atom is -0.493 e. The van der Waals surface area contributed by atoms with E-state index in [4.69, 9.17) is 17.0 Å². The van der Waals surface area contributed by atoms with Crippen molar-refractivity contribution < 1.29 is 9.84 Å². The lowest BCUT2D eigenvalue weighted by molar-refractivity contribution is 0.114. The molecule has 1 aromatic carbocycles. The number of benzene rings is 1. The molecule has 3 N–H and O–H groups in total. The molecule has 6 nitrogen and oxygen atoms in total. The fourth-order valence-corrected chi connectivity index (χ4v) is 2.70. The van der Waals surface area contributed by atoms with Crippen LogP contribution in [0, 0.1) is 6.92 Å². The van der Waals surface area contributed by atoms with Gasteiger partial charge in [0.25, 0.3) is 0 Å². The molecule has 1 aliphatic rings. The Hall–Kier alpha value is -1.99. The third kappa shape index (κ3) is 3.10. The predicted molar refractivity (Wildman–Crippen MR) is 88.8 cm³/mol. The summed E-state index contributed by atoms with van der Waals surface area (Å²) in [5, 5.41) is 22.2. The van der Waals surface area contributed by atoms with Gasteiger partial charge in [-0.2, -0.15) is 0 Å². The molecule has 0 spiro atoms. The van der Waals surface area contributed by atoms with Gasteiger partial charge in [-0.05, 0) is 37.5 Å². The topological polar surface area (TPSA) is 82.0 Å². The van der Waals surface area contributed by atoms with E-state index in [1.165, 1.54) is 0 Å². The Labute approximate surface area is 133 Å². The summed E-state index contributed by atoms with van der Waals surface area (Å²) in [5.41, 5.74) is 2.29. The molecule has 22 heavy (non-hydrogen) atoms. The zero-order chi connectivity index (χ0) is 15.5. The molecule has 0 aliphatic carbocycles. The number of azo groups is 1. The second-order valence-electron chi connectivity index (χ2n) is 5.34. The summed E-state index contributed by atoms with van der Waals surface area (Å²) in [6.07, 6.45) is 2.32. The highest BCUT2D eigenvalue weighted by Crippen LogP contribution is 2.36. The lowest BCUT2D eigenvalue weighted by Crippen LogP contribution is -2.29. The van der Waals surface area contributed by atoms with Crippen LogP contribution in [0.2, 0.25) is 0 Å². The van der Waals surface area contributed by atoms with Crippen molar-refractivity contribution in [2.24, 2.45) is 10.2 Å². The third-order valence-corrected chi connectivity index (χ3v) is 3.97. The molecular formula is C15H18N4O2S. The van der Waals surface area contributed by atoms with E-state index in [-0.39, 0.29) is 17.1 Å². The van der Waals surface area contributed by atoms with Crippen LogP contribution >= 0.6 is 12.2 Å². The predicted octanol–water partition coefficient (Wildman–Crippen LogP) is 3.32. The zero-order valence-electron chi connectivity index (χ0n) is 12.3. The van der Waals surface area contributed by atoms with Crippen molar-refractivity contribution in [3.63, 3.8) is 0 Å². The van der Waals surface area contributed by atoms with Crippen molar-refractivity contribution in [2.75, 3.05) is 13.2 Å². The summed E-state index contributed by atoms with van der Waals surface area (Å²) >= 11 is 5.13. The average Bonchev–Trinajstić information content (AvgIpc) is 3.11. The molecule has 0 saturated carbocycles. The molecule has 1 saturated heterocycles. The van der Waals surface area contributed by atoms with E-state index in [1.54, 1.807) is 0 Å². The van der Waals surface area contributed by atoms with Crippen LogP contribution in [0.1, 0.15) is 18.4 Å². The van der Waals surface area contributed by atoms with E-state index in [0.29, 0.717) is 12.2 Å². The normalized spacial score (nSPS) is 18.3. The number of fused-ring (bicyclic) bond motifs is 1. The summed E-state index contributed by atoms with van der Waals surface area (Å²) in [7, 11) is 0. The molecule has 0 amide bonds. The number of nitrogens with one attached hydrogen (secondary N) is 2. The number of aromatic hydroxyl groups is 1. The first kappa shape index (κ1) is 14.9. The number of aromatic amines is 1. The van der Waals surface area contributed by atoms with Gasteiger partial charge >= 0.3 is 0 Å². The largest absolute Gasteiger partial charge is 0.493 e. The molecule has 2 aromatic rings. The van der Waals surface area contributed by atoms with Crippen LogP contribution in [-0.4, -0.2) is 34.5 Å². The van der Waals surface area contributed by atoms with Gasteiger partial charge in [0.2, 0.25) is 11.0 Å². The van der Waals surface area contributed by atoms with Crippen LogP contribution in [-0.2, 0) is 4.74 Å². The minimum absolute atomic E-state index is 0.00465. The van der Waals surface area contributed by atoms with Crippen molar-refractivity contribution in [3.05, 3.63) is 23.8 Å². The third-order valence-electron chi connectivity index (χ3n) is 3.74. The number of thiocarbonyl (C=S) groups is 1. The first-order valence-corrected chi connectivity index (χ1v) is 7.67. The zero-order valence-corrected chi connectivity index (χ0v) is 13.1. The molecule has 1 atom stereocenters. The van der Waals surface area contributed by atoms with Gasteiger partial charge in [-0.1, -0.05) is 18.2 Å². The highest BCUT2D eigenvalue weighted by Gasteiger charge is 2.15. The van der Waals surface area contributed by atoms with Gasteiger partial charge in [0, 0.05) is 18.5 Å². The Bertz CT molecular complexity index is 720. The molecule has 0 radical (unpaired) electrons. The molecular weight excluding hydrogens is 300 g/mol. The van der Waals surface area contributed by atoms with Crippen LogP contribution in [0.25, 0.3) is 10.9 Å². The molecule has 0 unspecified atom stereocenters.